The van der Waals surface area contributed by atoms with E-state index in [1.807, 2.05) is 110 Å². The number of hydrogen-bond acceptors (Lipinski definition) is 13. The topological polar surface area (TPSA) is 200 Å². The molecule has 73 heavy (non-hydrogen) atoms. The molecule has 10 rings (SSSR count). The number of carbonyl (C=O) groups excluding carboxylic acids is 3. The van der Waals surface area contributed by atoms with Crippen molar-refractivity contribution in [2.45, 2.75) is 92.2 Å². The van der Waals surface area contributed by atoms with Gasteiger partial charge in [-0.1, -0.05) is 39.8 Å². The highest BCUT2D eigenvalue weighted by atomic mass is 32.1. The summed E-state index contributed by atoms with van der Waals surface area (Å²) in [5.41, 5.74) is 6.90. The quantitative estimate of drug-likeness (QED) is 0.102. The van der Waals surface area contributed by atoms with Crippen molar-refractivity contribution in [2.24, 2.45) is 11.8 Å². The number of imidazole rings is 2. The fourth-order valence-electron chi connectivity index (χ4n) is 9.21. The van der Waals surface area contributed by atoms with Gasteiger partial charge in [0.1, 0.15) is 11.5 Å². The van der Waals surface area contributed by atoms with Crippen LogP contribution < -0.4 is 25.4 Å². The molecule has 3 amide bonds. The van der Waals surface area contributed by atoms with Crippen LogP contribution in [0.5, 0.6) is 11.5 Å². The number of benzene rings is 2. The van der Waals surface area contributed by atoms with Crippen molar-refractivity contribution in [3.05, 3.63) is 93.2 Å². The summed E-state index contributed by atoms with van der Waals surface area (Å²) in [6.07, 6.45) is 2.65. The fourth-order valence-corrected chi connectivity index (χ4v) is 10.6. The van der Waals surface area contributed by atoms with Crippen LogP contribution in [0.1, 0.15) is 98.9 Å². The average Bonchev–Trinajstić information content (AvgIpc) is 4.21. The number of fused-ring (bicyclic) bond motifs is 6. The van der Waals surface area contributed by atoms with Crippen molar-refractivity contribution in [1.29, 1.82) is 0 Å². The van der Waals surface area contributed by atoms with Crippen molar-refractivity contribution in [1.82, 2.24) is 29.3 Å². The second kappa shape index (κ2) is 22.0. The first-order valence-electron chi connectivity index (χ1n) is 24.6. The van der Waals surface area contributed by atoms with Gasteiger partial charge in [-0.2, -0.15) is 0 Å². The molecule has 0 saturated carbocycles. The number of morpholine rings is 2. The molecule has 0 unspecified atom stereocenters. The number of anilines is 2. The summed E-state index contributed by atoms with van der Waals surface area (Å²) in [4.78, 5) is 63.7. The normalized spacial score (nSPS) is 16.1. The van der Waals surface area contributed by atoms with E-state index in [0.717, 1.165) is 70.0 Å². The molecule has 4 aliphatic rings. The van der Waals surface area contributed by atoms with Crippen LogP contribution in [0, 0.1) is 11.8 Å². The van der Waals surface area contributed by atoms with Gasteiger partial charge in [-0.15, -0.1) is 22.7 Å². The summed E-state index contributed by atoms with van der Waals surface area (Å²) in [6.45, 7) is 19.9. The number of hydrogen-bond donors (Lipinski definition) is 4. The third kappa shape index (κ3) is 11.3. The number of aromatic carboxylic acids is 1. The number of thiophene rings is 2. The lowest BCUT2D eigenvalue weighted by molar-refractivity contribution is -0.119. The highest BCUT2D eigenvalue weighted by molar-refractivity contribution is 7.13. The molecule has 2 fully saturated rings. The SMILES string of the molecule is CC1(C)COCCN1.COc1cc2c(cc1NC(=O)C(C)C)-n1c(-c3cccs3)nc(C(=O)N3CCOCC3(C)C)c1CC2.COc1cc2c(cc1NC(=O)C(C)C)-n1c(-c3cccs3)nc(C(=O)O)c1CC2. The van der Waals surface area contributed by atoms with Crippen LogP contribution in [-0.2, 0) is 44.7 Å². The van der Waals surface area contributed by atoms with Gasteiger partial charge in [0.15, 0.2) is 23.0 Å². The van der Waals surface area contributed by atoms with E-state index in [-0.39, 0.29) is 40.8 Å². The Morgan fingerprint density at radius 1 is 0.712 bits per heavy atom. The van der Waals surface area contributed by atoms with E-state index in [2.05, 4.69) is 39.3 Å². The number of aromatic nitrogens is 4. The molecule has 19 heteroatoms. The molecule has 8 heterocycles. The third-order valence-corrected chi connectivity index (χ3v) is 14.9. The van der Waals surface area contributed by atoms with Crippen LogP contribution in [0.15, 0.2) is 59.3 Å². The lowest BCUT2D eigenvalue weighted by atomic mass is 9.97. The van der Waals surface area contributed by atoms with Crippen molar-refractivity contribution in [2.75, 3.05) is 64.4 Å². The number of amides is 3. The van der Waals surface area contributed by atoms with Gasteiger partial charge in [0.05, 0.1) is 90.1 Å². The highest BCUT2D eigenvalue weighted by Crippen LogP contribution is 2.42. The zero-order valence-electron chi connectivity index (χ0n) is 43.3. The predicted molar refractivity (Wildman–Crippen MR) is 284 cm³/mol. The summed E-state index contributed by atoms with van der Waals surface area (Å²) < 4.78 is 26.0. The molecule has 0 atom stereocenters. The van der Waals surface area contributed by atoms with Gasteiger partial charge in [-0.05, 0) is 112 Å². The Hall–Kier alpha value is -6.38. The van der Waals surface area contributed by atoms with Gasteiger partial charge >= 0.3 is 5.97 Å². The zero-order chi connectivity index (χ0) is 52.4. The van der Waals surface area contributed by atoms with Gasteiger partial charge in [0.25, 0.3) is 5.91 Å². The minimum absolute atomic E-state index is 0.0693. The fraction of sp³-hybridized carbons (Fsp3) is 0.444. The van der Waals surface area contributed by atoms with Crippen molar-refractivity contribution < 1.29 is 43.2 Å². The average molecular weight is 1040 g/mol. The van der Waals surface area contributed by atoms with Crippen LogP contribution in [0.25, 0.3) is 32.8 Å². The van der Waals surface area contributed by atoms with Gasteiger partial charge in [0, 0.05) is 30.5 Å². The molecule has 4 N–H and O–H groups in total. The number of ether oxygens (including phenoxy) is 4. The Balaban J connectivity index is 0.000000172. The second-order valence-electron chi connectivity index (χ2n) is 20.2. The van der Waals surface area contributed by atoms with Crippen molar-refractivity contribution >= 4 is 57.7 Å². The molecule has 17 nitrogen and oxygen atoms in total. The minimum Gasteiger partial charge on any atom is -0.495 e. The first kappa shape index (κ1) is 52.9. The van der Waals surface area contributed by atoms with E-state index in [4.69, 9.17) is 23.9 Å². The van der Waals surface area contributed by atoms with E-state index in [0.29, 0.717) is 79.1 Å². The second-order valence-corrected chi connectivity index (χ2v) is 22.1. The molecule has 388 valence electrons. The Bertz CT molecular complexity index is 2980. The van der Waals surface area contributed by atoms with Gasteiger partial charge < -0.3 is 44.9 Å². The monoisotopic (exact) mass is 1030 g/mol. The molecule has 2 saturated heterocycles. The van der Waals surface area contributed by atoms with Crippen LogP contribution in [0.3, 0.4) is 0 Å². The Morgan fingerprint density at radius 2 is 1.21 bits per heavy atom. The number of methoxy groups -OCH3 is 2. The molecule has 0 spiro atoms. The van der Waals surface area contributed by atoms with Crippen LogP contribution in [-0.4, -0.2) is 118 Å². The Kier molecular flexibility index (Phi) is 15.9. The first-order chi connectivity index (χ1) is 34.8. The van der Waals surface area contributed by atoms with Gasteiger partial charge in [0.2, 0.25) is 11.8 Å². The number of carbonyl (C=O) groups is 4. The lowest BCUT2D eigenvalue weighted by Crippen LogP contribution is -2.55. The van der Waals surface area contributed by atoms with Crippen LogP contribution >= 0.6 is 22.7 Å². The minimum atomic E-state index is -1.04. The number of carboxylic acids is 1. The molecular weight excluding hydrogens is 969 g/mol. The van der Waals surface area contributed by atoms with E-state index >= 15 is 0 Å². The maximum absolute atomic E-state index is 13.9. The van der Waals surface area contributed by atoms with Crippen LogP contribution in [0.2, 0.25) is 0 Å². The molecular formula is C54H66N8O9S2. The smallest absolute Gasteiger partial charge is 0.356 e. The van der Waals surface area contributed by atoms with Crippen molar-refractivity contribution in [3.63, 3.8) is 0 Å². The van der Waals surface area contributed by atoms with Gasteiger partial charge in [-0.25, -0.2) is 14.8 Å². The molecule has 2 aromatic carbocycles. The van der Waals surface area contributed by atoms with Crippen LogP contribution in [0.4, 0.5) is 11.4 Å². The maximum Gasteiger partial charge on any atom is 0.356 e. The van der Waals surface area contributed by atoms with Crippen molar-refractivity contribution in [3.8, 4) is 44.3 Å². The molecule has 4 aliphatic heterocycles. The number of nitrogens with one attached hydrogen (secondary N) is 3. The van der Waals surface area contributed by atoms with E-state index in [1.54, 1.807) is 25.6 Å². The van der Waals surface area contributed by atoms with E-state index < -0.39 is 11.5 Å². The van der Waals surface area contributed by atoms with E-state index in [9.17, 15) is 24.3 Å². The molecule has 0 radical (unpaired) electrons. The third-order valence-electron chi connectivity index (χ3n) is 13.1. The summed E-state index contributed by atoms with van der Waals surface area (Å²) in [5, 5.41) is 22.9. The predicted octanol–water partition coefficient (Wildman–Crippen LogP) is 8.94. The summed E-state index contributed by atoms with van der Waals surface area (Å²) in [6, 6.07) is 15.5. The number of rotatable bonds is 10. The Morgan fingerprint density at radius 3 is 1.60 bits per heavy atom. The maximum atomic E-state index is 13.9. The molecule has 4 aromatic heterocycles. The molecule has 0 aliphatic carbocycles. The lowest BCUT2D eigenvalue weighted by Gasteiger charge is -2.41. The largest absolute Gasteiger partial charge is 0.495 e. The number of nitrogens with zero attached hydrogens (tertiary/aromatic N) is 5. The number of aryl methyl sites for hydroxylation is 2. The molecule has 0 bridgehead atoms. The van der Waals surface area contributed by atoms with E-state index in [1.165, 1.54) is 11.3 Å². The Labute approximate surface area is 434 Å². The van der Waals surface area contributed by atoms with Gasteiger partial charge in [-0.3, -0.25) is 23.5 Å². The first-order valence-corrected chi connectivity index (χ1v) is 26.4. The molecule has 6 aromatic rings. The summed E-state index contributed by atoms with van der Waals surface area (Å²) >= 11 is 3.09. The number of carboxylic acid groups (broad SMARTS) is 1. The zero-order valence-corrected chi connectivity index (χ0v) is 44.9. The highest BCUT2D eigenvalue weighted by Gasteiger charge is 2.39. The standard InChI is InChI=1S/C27H32N4O4S.C21H21N3O4S.C6H13NO/c1-16(2)25(32)28-18-14-20-17(13-21(18)34-5)8-9-19-23(26(33)30-10-11-35-15-27(30,3)4)29-24(31(19)20)22-7-6-12-36-22;1-11(2)20(25)22-13-10-15-12(9-16(13)28-3)6-7-14-18(21(26)27)23-19(24(14)15)17-5-4-8-29-17;1-6(2)5-8-4-3-7-6/h6-7,12-14,16H,8-11,15H2,1-5H3,(H,28,32);4-5,8-11H,6-7H2,1-3H3,(H,22,25)(H,26,27);7H,3-5H2,1-2H3. The summed E-state index contributed by atoms with van der Waals surface area (Å²) in [7, 11) is 3.17. The summed E-state index contributed by atoms with van der Waals surface area (Å²) in [5.74, 6) is 0.877.